The Kier molecular flexibility index (Phi) is 7.06. The van der Waals surface area contributed by atoms with E-state index in [4.69, 9.17) is 16.3 Å². The van der Waals surface area contributed by atoms with Crippen LogP contribution in [0.25, 0.3) is 5.57 Å². The first-order chi connectivity index (χ1) is 13.6. The molecule has 2 aromatic carbocycles. The smallest absolute Gasteiger partial charge is 0.276 e. The molecular weight excluding hydrogens is 378 g/mol. The molecule has 0 bridgehead atoms. The molecule has 28 heavy (non-hydrogen) atoms. The Bertz CT molecular complexity index is 838. The molecule has 7 heteroatoms. The van der Waals surface area contributed by atoms with Crippen LogP contribution in [0.4, 0.5) is 0 Å². The summed E-state index contributed by atoms with van der Waals surface area (Å²) in [6.07, 6.45) is 3.03. The first kappa shape index (κ1) is 19.9. The summed E-state index contributed by atoms with van der Waals surface area (Å²) in [6.45, 7) is 1.51. The number of hydrogen-bond acceptors (Lipinski definition) is 4. The second-order valence-electron chi connectivity index (χ2n) is 6.42. The Balaban J connectivity index is 1.36. The molecule has 2 amide bonds. The third-order valence-electron chi connectivity index (χ3n) is 4.33. The predicted molar refractivity (Wildman–Crippen MR) is 109 cm³/mol. The number of rotatable bonds is 6. The lowest BCUT2D eigenvalue weighted by atomic mass is 10.00. The van der Waals surface area contributed by atoms with Crippen LogP contribution in [0.1, 0.15) is 12.0 Å². The van der Waals surface area contributed by atoms with Crippen molar-refractivity contribution in [1.82, 2.24) is 15.8 Å². The van der Waals surface area contributed by atoms with Gasteiger partial charge in [-0.1, -0.05) is 48.0 Å². The number of nitrogens with zero attached hydrogens (tertiary/aromatic N) is 1. The predicted octanol–water partition coefficient (Wildman–Crippen LogP) is 2.66. The normalized spacial score (nSPS) is 14.1. The van der Waals surface area contributed by atoms with Gasteiger partial charge in [0.2, 0.25) is 0 Å². The Morgan fingerprint density at radius 2 is 1.71 bits per heavy atom. The SMILES string of the molecule is O=C(COc1ccc(Cl)cc1)NNC(=O)CN1CC=C(c2ccccc2)CC1. The number of ether oxygens (including phenoxy) is 1. The zero-order valence-corrected chi connectivity index (χ0v) is 16.1. The highest BCUT2D eigenvalue weighted by Gasteiger charge is 2.16. The van der Waals surface area contributed by atoms with Crippen LogP contribution in [-0.2, 0) is 9.59 Å². The van der Waals surface area contributed by atoms with Crippen molar-refractivity contribution < 1.29 is 14.3 Å². The molecule has 0 aliphatic carbocycles. The van der Waals surface area contributed by atoms with E-state index in [0.717, 1.165) is 13.0 Å². The monoisotopic (exact) mass is 399 g/mol. The molecule has 1 heterocycles. The summed E-state index contributed by atoms with van der Waals surface area (Å²) in [5.74, 6) is -0.176. The van der Waals surface area contributed by atoms with E-state index in [-0.39, 0.29) is 19.1 Å². The Morgan fingerprint density at radius 1 is 1.00 bits per heavy atom. The number of hydrazine groups is 1. The summed E-state index contributed by atoms with van der Waals surface area (Å²) in [6, 6.07) is 16.9. The van der Waals surface area contributed by atoms with Crippen LogP contribution in [0.15, 0.2) is 60.7 Å². The fourth-order valence-corrected chi connectivity index (χ4v) is 2.99. The Labute approximate surface area is 169 Å². The molecule has 0 spiro atoms. The minimum Gasteiger partial charge on any atom is -0.484 e. The van der Waals surface area contributed by atoms with E-state index in [1.165, 1.54) is 11.1 Å². The van der Waals surface area contributed by atoms with Gasteiger partial charge in [0.1, 0.15) is 5.75 Å². The van der Waals surface area contributed by atoms with Crippen LogP contribution in [0.5, 0.6) is 5.75 Å². The van der Waals surface area contributed by atoms with E-state index < -0.39 is 5.91 Å². The molecule has 3 rings (SSSR count). The zero-order chi connectivity index (χ0) is 19.8. The molecule has 0 fully saturated rings. The topological polar surface area (TPSA) is 70.7 Å². The minimum absolute atomic E-state index is 0.200. The summed E-state index contributed by atoms with van der Waals surface area (Å²) < 4.78 is 5.32. The molecule has 2 N–H and O–H groups in total. The molecule has 0 saturated heterocycles. The van der Waals surface area contributed by atoms with E-state index >= 15 is 0 Å². The maximum atomic E-state index is 12.0. The molecule has 146 valence electrons. The van der Waals surface area contributed by atoms with E-state index in [9.17, 15) is 9.59 Å². The van der Waals surface area contributed by atoms with Crippen molar-refractivity contribution in [3.8, 4) is 5.75 Å². The van der Waals surface area contributed by atoms with Crippen molar-refractivity contribution in [2.75, 3.05) is 26.2 Å². The Morgan fingerprint density at radius 3 is 2.39 bits per heavy atom. The summed E-state index contributed by atoms with van der Waals surface area (Å²) in [7, 11) is 0. The molecule has 2 aromatic rings. The molecule has 6 nitrogen and oxygen atoms in total. The van der Waals surface area contributed by atoms with Gasteiger partial charge in [-0.3, -0.25) is 25.3 Å². The van der Waals surface area contributed by atoms with Crippen LogP contribution in [-0.4, -0.2) is 43.0 Å². The first-order valence-electron chi connectivity index (χ1n) is 9.03. The fourth-order valence-electron chi connectivity index (χ4n) is 2.87. The van der Waals surface area contributed by atoms with E-state index in [1.54, 1.807) is 24.3 Å². The van der Waals surface area contributed by atoms with E-state index in [0.29, 0.717) is 17.3 Å². The van der Waals surface area contributed by atoms with Crippen LogP contribution in [0.2, 0.25) is 5.02 Å². The minimum atomic E-state index is -0.437. The lowest BCUT2D eigenvalue weighted by Crippen LogP contribution is -2.48. The van der Waals surface area contributed by atoms with Crippen molar-refractivity contribution in [2.24, 2.45) is 0 Å². The highest BCUT2D eigenvalue weighted by Crippen LogP contribution is 2.21. The number of nitrogens with one attached hydrogen (secondary N) is 2. The quantitative estimate of drug-likeness (QED) is 0.732. The molecule has 0 radical (unpaired) electrons. The third kappa shape index (κ3) is 6.11. The highest BCUT2D eigenvalue weighted by atomic mass is 35.5. The van der Waals surface area contributed by atoms with Crippen molar-refractivity contribution in [3.05, 3.63) is 71.3 Å². The number of halogens is 1. The number of amides is 2. The van der Waals surface area contributed by atoms with Gasteiger partial charge in [0, 0.05) is 18.1 Å². The van der Waals surface area contributed by atoms with Crippen molar-refractivity contribution >= 4 is 29.0 Å². The summed E-state index contributed by atoms with van der Waals surface area (Å²) in [5.41, 5.74) is 7.29. The van der Waals surface area contributed by atoms with Crippen LogP contribution < -0.4 is 15.6 Å². The second-order valence-corrected chi connectivity index (χ2v) is 6.86. The number of hydrogen-bond donors (Lipinski definition) is 2. The first-order valence-corrected chi connectivity index (χ1v) is 9.41. The average molecular weight is 400 g/mol. The number of carbonyl (C=O) groups is 2. The third-order valence-corrected chi connectivity index (χ3v) is 4.58. The van der Waals surface area contributed by atoms with Gasteiger partial charge in [-0.25, -0.2) is 0 Å². The molecule has 0 aromatic heterocycles. The standard InChI is InChI=1S/C21H22ClN3O3/c22-18-6-8-19(9-7-18)28-15-21(27)24-23-20(26)14-25-12-10-17(11-13-25)16-4-2-1-3-5-16/h1-10H,11-15H2,(H,23,26)(H,24,27). The summed E-state index contributed by atoms with van der Waals surface area (Å²) in [4.78, 5) is 25.8. The largest absolute Gasteiger partial charge is 0.484 e. The van der Waals surface area contributed by atoms with Gasteiger partial charge in [0.25, 0.3) is 11.8 Å². The van der Waals surface area contributed by atoms with Crippen LogP contribution in [0.3, 0.4) is 0 Å². The van der Waals surface area contributed by atoms with E-state index in [2.05, 4.69) is 29.1 Å². The molecule has 0 atom stereocenters. The van der Waals surface area contributed by atoms with Crippen LogP contribution in [0, 0.1) is 0 Å². The summed E-state index contributed by atoms with van der Waals surface area (Å²) in [5, 5.41) is 0.590. The van der Waals surface area contributed by atoms with Gasteiger partial charge in [-0.15, -0.1) is 0 Å². The van der Waals surface area contributed by atoms with Gasteiger partial charge in [-0.2, -0.15) is 0 Å². The summed E-state index contributed by atoms with van der Waals surface area (Å²) >= 11 is 5.79. The van der Waals surface area contributed by atoms with Crippen molar-refractivity contribution in [3.63, 3.8) is 0 Å². The lowest BCUT2D eigenvalue weighted by Gasteiger charge is -2.25. The fraction of sp³-hybridized carbons (Fsp3) is 0.238. The van der Waals surface area contributed by atoms with E-state index in [1.807, 2.05) is 23.1 Å². The van der Waals surface area contributed by atoms with Crippen molar-refractivity contribution in [2.45, 2.75) is 6.42 Å². The molecule has 0 saturated carbocycles. The van der Waals surface area contributed by atoms with Crippen molar-refractivity contribution in [1.29, 1.82) is 0 Å². The van der Waals surface area contributed by atoms with Gasteiger partial charge in [-0.05, 0) is 41.8 Å². The van der Waals surface area contributed by atoms with Gasteiger partial charge < -0.3 is 4.74 Å². The maximum absolute atomic E-state index is 12.0. The van der Waals surface area contributed by atoms with Gasteiger partial charge >= 0.3 is 0 Å². The molecular formula is C21H22ClN3O3. The van der Waals surface area contributed by atoms with Gasteiger partial charge in [0.05, 0.1) is 6.54 Å². The molecule has 1 aliphatic rings. The zero-order valence-electron chi connectivity index (χ0n) is 15.4. The maximum Gasteiger partial charge on any atom is 0.276 e. The second kappa shape index (κ2) is 9.92. The Hall–Kier alpha value is -2.83. The lowest BCUT2D eigenvalue weighted by molar-refractivity contribution is -0.130. The number of benzene rings is 2. The molecule has 0 unspecified atom stereocenters. The average Bonchev–Trinajstić information content (AvgIpc) is 2.73. The van der Waals surface area contributed by atoms with Crippen LogP contribution >= 0.6 is 11.6 Å². The molecule has 1 aliphatic heterocycles. The van der Waals surface area contributed by atoms with Gasteiger partial charge in [0.15, 0.2) is 6.61 Å². The number of carbonyl (C=O) groups excluding carboxylic acids is 2. The highest BCUT2D eigenvalue weighted by molar-refractivity contribution is 6.30.